The van der Waals surface area contributed by atoms with Gasteiger partial charge in [0.15, 0.2) is 0 Å². The van der Waals surface area contributed by atoms with Crippen molar-refractivity contribution in [3.63, 3.8) is 0 Å². The maximum absolute atomic E-state index is 12.3. The van der Waals surface area contributed by atoms with Gasteiger partial charge in [-0.3, -0.25) is 9.59 Å². The Bertz CT molecular complexity index is 468. The largest absolute Gasteiger partial charge is 0.481 e. The number of benzene rings is 1. The van der Waals surface area contributed by atoms with Crippen molar-refractivity contribution >= 4 is 11.9 Å². The molecule has 0 saturated carbocycles. The van der Waals surface area contributed by atoms with Crippen LogP contribution >= 0.6 is 0 Å². The molecular weight excluding hydrogens is 263 g/mol. The molecule has 0 aliphatic rings. The third-order valence-electron chi connectivity index (χ3n) is 2.43. The predicted octanol–water partition coefficient (Wildman–Crippen LogP) is 2.36. The van der Waals surface area contributed by atoms with E-state index >= 15 is 0 Å². The number of alkyl halides is 3. The summed E-state index contributed by atoms with van der Waals surface area (Å²) in [5.74, 6) is -1.96. The SMILES string of the molecule is CC(NC(=O)CC(=O)O)c1ccc(C(F)(F)F)cc1. The van der Waals surface area contributed by atoms with Gasteiger partial charge in [0.25, 0.3) is 0 Å². The predicted molar refractivity (Wildman–Crippen MR) is 60.3 cm³/mol. The molecule has 0 saturated heterocycles. The van der Waals surface area contributed by atoms with Gasteiger partial charge in [-0.1, -0.05) is 12.1 Å². The first-order valence-corrected chi connectivity index (χ1v) is 5.38. The molecule has 0 aromatic heterocycles. The van der Waals surface area contributed by atoms with E-state index in [2.05, 4.69) is 5.32 Å². The zero-order chi connectivity index (χ0) is 14.6. The molecule has 0 fully saturated rings. The third-order valence-corrected chi connectivity index (χ3v) is 2.43. The van der Waals surface area contributed by atoms with Crippen LogP contribution in [-0.4, -0.2) is 17.0 Å². The van der Waals surface area contributed by atoms with Crippen molar-refractivity contribution in [3.8, 4) is 0 Å². The summed E-state index contributed by atoms with van der Waals surface area (Å²) in [7, 11) is 0. The van der Waals surface area contributed by atoms with Gasteiger partial charge in [-0.25, -0.2) is 0 Å². The smallest absolute Gasteiger partial charge is 0.416 e. The normalized spacial score (nSPS) is 12.8. The van der Waals surface area contributed by atoms with Crippen molar-refractivity contribution < 1.29 is 27.9 Å². The van der Waals surface area contributed by atoms with Gasteiger partial charge in [0.1, 0.15) is 6.42 Å². The number of rotatable bonds is 4. The van der Waals surface area contributed by atoms with Crippen LogP contribution in [0.5, 0.6) is 0 Å². The molecule has 19 heavy (non-hydrogen) atoms. The van der Waals surface area contributed by atoms with Crippen LogP contribution in [0.2, 0.25) is 0 Å². The Morgan fingerprint density at radius 3 is 2.21 bits per heavy atom. The molecule has 1 rings (SSSR count). The van der Waals surface area contributed by atoms with Crippen LogP contribution < -0.4 is 5.32 Å². The minimum absolute atomic E-state index is 0.465. The zero-order valence-electron chi connectivity index (χ0n) is 9.99. The standard InChI is InChI=1S/C12H12F3NO3/c1-7(16-10(17)6-11(18)19)8-2-4-9(5-3-8)12(13,14)15/h2-5,7H,6H2,1H3,(H,16,17)(H,18,19). The average molecular weight is 275 g/mol. The maximum atomic E-state index is 12.3. The summed E-state index contributed by atoms with van der Waals surface area (Å²) in [5.41, 5.74) is -0.313. The molecule has 104 valence electrons. The molecule has 0 aliphatic carbocycles. The van der Waals surface area contributed by atoms with Crippen molar-refractivity contribution in [2.75, 3.05) is 0 Å². The highest BCUT2D eigenvalue weighted by Gasteiger charge is 2.30. The first-order chi connectivity index (χ1) is 8.70. The molecule has 1 atom stereocenters. The Labute approximate surface area is 107 Å². The molecule has 0 aliphatic heterocycles. The van der Waals surface area contributed by atoms with Crippen molar-refractivity contribution in [2.45, 2.75) is 25.6 Å². The van der Waals surface area contributed by atoms with E-state index < -0.39 is 36.1 Å². The number of carboxylic acids is 1. The fraction of sp³-hybridized carbons (Fsp3) is 0.333. The van der Waals surface area contributed by atoms with Crippen molar-refractivity contribution in [2.24, 2.45) is 0 Å². The summed E-state index contributed by atoms with van der Waals surface area (Å²) in [6, 6.07) is 3.75. The second-order valence-electron chi connectivity index (χ2n) is 3.98. The number of nitrogens with one attached hydrogen (secondary N) is 1. The summed E-state index contributed by atoms with van der Waals surface area (Å²) in [6.45, 7) is 1.56. The highest BCUT2D eigenvalue weighted by molar-refractivity contribution is 5.93. The molecule has 0 spiro atoms. The molecule has 1 aromatic carbocycles. The molecular formula is C12H12F3NO3. The fourth-order valence-electron chi connectivity index (χ4n) is 1.47. The summed E-state index contributed by atoms with van der Waals surface area (Å²) in [4.78, 5) is 21.5. The number of aliphatic carboxylic acids is 1. The average Bonchev–Trinajstić information content (AvgIpc) is 2.26. The van der Waals surface area contributed by atoms with Gasteiger partial charge >= 0.3 is 12.1 Å². The lowest BCUT2D eigenvalue weighted by molar-refractivity contribution is -0.141. The second-order valence-corrected chi connectivity index (χ2v) is 3.98. The van der Waals surface area contributed by atoms with Crippen LogP contribution in [0.25, 0.3) is 0 Å². The lowest BCUT2D eigenvalue weighted by atomic mass is 10.1. The Kier molecular flexibility index (Phi) is 4.52. The van der Waals surface area contributed by atoms with Crippen LogP contribution in [0, 0.1) is 0 Å². The lowest BCUT2D eigenvalue weighted by Crippen LogP contribution is -2.28. The Hall–Kier alpha value is -2.05. The molecule has 1 amide bonds. The van der Waals surface area contributed by atoms with Crippen molar-refractivity contribution in [1.82, 2.24) is 5.32 Å². The van der Waals surface area contributed by atoms with Crippen LogP contribution in [0.15, 0.2) is 24.3 Å². The van der Waals surface area contributed by atoms with Gasteiger partial charge in [0, 0.05) is 0 Å². The summed E-state index contributed by atoms with van der Waals surface area (Å²) < 4.78 is 37.0. The summed E-state index contributed by atoms with van der Waals surface area (Å²) in [5, 5.41) is 10.8. The number of amides is 1. The zero-order valence-corrected chi connectivity index (χ0v) is 9.99. The number of hydrogen-bond donors (Lipinski definition) is 2. The molecule has 1 aromatic rings. The molecule has 4 nitrogen and oxygen atoms in total. The van der Waals surface area contributed by atoms with E-state index in [4.69, 9.17) is 5.11 Å². The van der Waals surface area contributed by atoms with Gasteiger partial charge in [-0.15, -0.1) is 0 Å². The quantitative estimate of drug-likeness (QED) is 0.829. The van der Waals surface area contributed by atoms with E-state index in [0.29, 0.717) is 5.56 Å². The van der Waals surface area contributed by atoms with E-state index in [1.807, 2.05) is 0 Å². The molecule has 2 N–H and O–H groups in total. The number of carboxylic acid groups (broad SMARTS) is 1. The van der Waals surface area contributed by atoms with Gasteiger partial charge in [-0.05, 0) is 24.6 Å². The maximum Gasteiger partial charge on any atom is 0.416 e. The number of halogens is 3. The lowest BCUT2D eigenvalue weighted by Gasteiger charge is -2.14. The van der Waals surface area contributed by atoms with Gasteiger partial charge in [-0.2, -0.15) is 13.2 Å². The highest BCUT2D eigenvalue weighted by atomic mass is 19.4. The first-order valence-electron chi connectivity index (χ1n) is 5.38. The van der Waals surface area contributed by atoms with Crippen LogP contribution in [0.1, 0.15) is 30.5 Å². The summed E-state index contributed by atoms with van der Waals surface area (Å²) >= 11 is 0. The Balaban J connectivity index is 2.70. The first kappa shape index (κ1) is 15.0. The van der Waals surface area contributed by atoms with E-state index in [0.717, 1.165) is 12.1 Å². The van der Waals surface area contributed by atoms with E-state index in [-0.39, 0.29) is 0 Å². The molecule has 0 bridgehead atoms. The minimum atomic E-state index is -4.41. The van der Waals surface area contributed by atoms with Crippen molar-refractivity contribution in [1.29, 1.82) is 0 Å². The Morgan fingerprint density at radius 1 is 1.26 bits per heavy atom. The number of carbonyl (C=O) groups excluding carboxylic acids is 1. The number of hydrogen-bond acceptors (Lipinski definition) is 2. The van der Waals surface area contributed by atoms with Gasteiger partial charge in [0.05, 0.1) is 11.6 Å². The molecule has 0 radical (unpaired) electrons. The summed E-state index contributed by atoms with van der Waals surface area (Å²) in [6.07, 6.45) is -5.08. The molecule has 0 heterocycles. The molecule has 7 heteroatoms. The van der Waals surface area contributed by atoms with E-state index in [1.54, 1.807) is 6.92 Å². The number of carbonyl (C=O) groups is 2. The Morgan fingerprint density at radius 2 is 1.79 bits per heavy atom. The highest BCUT2D eigenvalue weighted by Crippen LogP contribution is 2.29. The van der Waals surface area contributed by atoms with E-state index in [9.17, 15) is 22.8 Å². The topological polar surface area (TPSA) is 66.4 Å². The fourth-order valence-corrected chi connectivity index (χ4v) is 1.47. The van der Waals surface area contributed by atoms with Crippen LogP contribution in [0.4, 0.5) is 13.2 Å². The van der Waals surface area contributed by atoms with Crippen LogP contribution in [-0.2, 0) is 15.8 Å². The monoisotopic (exact) mass is 275 g/mol. The van der Waals surface area contributed by atoms with E-state index in [1.165, 1.54) is 12.1 Å². The van der Waals surface area contributed by atoms with Gasteiger partial charge in [0.2, 0.25) is 5.91 Å². The third kappa shape index (κ3) is 4.61. The molecule has 1 unspecified atom stereocenters. The van der Waals surface area contributed by atoms with Crippen LogP contribution in [0.3, 0.4) is 0 Å². The van der Waals surface area contributed by atoms with Gasteiger partial charge < -0.3 is 10.4 Å². The second kappa shape index (κ2) is 5.73. The van der Waals surface area contributed by atoms with Crippen molar-refractivity contribution in [3.05, 3.63) is 35.4 Å². The minimum Gasteiger partial charge on any atom is -0.481 e.